The van der Waals surface area contributed by atoms with Crippen molar-refractivity contribution in [3.8, 4) is 5.75 Å². The number of hydrogen-bond acceptors (Lipinski definition) is 4. The number of carbonyl (C=O) groups is 1. The van der Waals surface area contributed by atoms with Crippen LogP contribution in [0, 0.1) is 0 Å². The number of hydrogen-bond donors (Lipinski definition) is 2. The molecule has 0 aliphatic rings. The van der Waals surface area contributed by atoms with Crippen LogP contribution in [0.1, 0.15) is 59.6 Å². The maximum absolute atomic E-state index is 10.9. The molecule has 1 aromatic rings. The first-order valence-electron chi connectivity index (χ1n) is 6.74. The molecular formula is C16H25NO3. The average molecular weight is 279 g/mol. The van der Waals surface area contributed by atoms with E-state index in [2.05, 4.69) is 5.48 Å². The normalized spacial score (nSPS) is 12.2. The van der Waals surface area contributed by atoms with Crippen molar-refractivity contribution in [1.29, 1.82) is 0 Å². The lowest BCUT2D eigenvalue weighted by molar-refractivity contribution is -0.138. The van der Waals surface area contributed by atoms with Gasteiger partial charge < -0.3 is 9.94 Å². The zero-order chi connectivity index (χ0) is 15.7. The summed E-state index contributed by atoms with van der Waals surface area (Å²) >= 11 is 0. The number of carbonyl (C=O) groups excluding carboxylic acids is 1. The Bertz CT molecular complexity index is 472. The number of phenolic OH excluding ortho intramolecular Hbond substituents is 1. The van der Waals surface area contributed by atoms with E-state index in [1.165, 1.54) is 6.92 Å². The van der Waals surface area contributed by atoms with Crippen LogP contribution in [0.25, 0.3) is 0 Å². The molecule has 0 unspecified atom stereocenters. The molecule has 4 nitrogen and oxygen atoms in total. The molecule has 4 heteroatoms. The van der Waals surface area contributed by atoms with Crippen LogP contribution in [0.3, 0.4) is 0 Å². The van der Waals surface area contributed by atoms with Crippen molar-refractivity contribution >= 4 is 11.7 Å². The van der Waals surface area contributed by atoms with E-state index in [1.807, 2.05) is 53.7 Å². The van der Waals surface area contributed by atoms with Gasteiger partial charge in [0, 0.05) is 18.1 Å². The zero-order valence-electron chi connectivity index (χ0n) is 13.4. The Morgan fingerprint density at radius 2 is 1.45 bits per heavy atom. The van der Waals surface area contributed by atoms with Gasteiger partial charge in [-0.15, -0.1) is 0 Å². The first-order valence-corrected chi connectivity index (χ1v) is 6.74. The maximum Gasteiger partial charge on any atom is 0.329 e. The Morgan fingerprint density at radius 3 is 1.75 bits per heavy atom. The molecule has 0 aliphatic carbocycles. The molecule has 20 heavy (non-hydrogen) atoms. The highest BCUT2D eigenvalue weighted by Crippen LogP contribution is 2.40. The van der Waals surface area contributed by atoms with Crippen LogP contribution in [0.5, 0.6) is 5.75 Å². The molecule has 0 radical (unpaired) electrons. The molecule has 1 rings (SSSR count). The fraction of sp³-hybridized carbons (Fsp3) is 0.562. The fourth-order valence-corrected chi connectivity index (χ4v) is 1.97. The number of anilines is 1. The van der Waals surface area contributed by atoms with Gasteiger partial charge in [0.05, 0.1) is 5.69 Å². The summed E-state index contributed by atoms with van der Waals surface area (Å²) in [6.07, 6.45) is 0. The molecule has 112 valence electrons. The highest BCUT2D eigenvalue weighted by Gasteiger charge is 2.26. The lowest BCUT2D eigenvalue weighted by Gasteiger charge is -2.28. The highest BCUT2D eigenvalue weighted by atomic mass is 16.7. The first kappa shape index (κ1) is 16.3. The monoisotopic (exact) mass is 279 g/mol. The van der Waals surface area contributed by atoms with Gasteiger partial charge in [0.1, 0.15) is 5.75 Å². The molecule has 0 aromatic heterocycles. The summed E-state index contributed by atoms with van der Waals surface area (Å²) in [5, 5.41) is 10.5. The molecule has 0 aliphatic heterocycles. The first-order chi connectivity index (χ1) is 8.93. The molecule has 0 saturated carbocycles. The van der Waals surface area contributed by atoms with Crippen molar-refractivity contribution < 1.29 is 14.7 Å². The van der Waals surface area contributed by atoms with Crippen LogP contribution in [-0.2, 0) is 20.5 Å². The minimum Gasteiger partial charge on any atom is -0.507 e. The van der Waals surface area contributed by atoms with Gasteiger partial charge in [0.15, 0.2) is 0 Å². The second kappa shape index (κ2) is 5.35. The minimum atomic E-state index is -0.410. The number of phenols is 1. The predicted octanol–water partition coefficient (Wildman–Crippen LogP) is 3.88. The predicted molar refractivity (Wildman–Crippen MR) is 80.9 cm³/mol. The molecule has 0 bridgehead atoms. The van der Waals surface area contributed by atoms with Crippen molar-refractivity contribution in [2.24, 2.45) is 0 Å². The van der Waals surface area contributed by atoms with Crippen LogP contribution in [0.15, 0.2) is 12.1 Å². The van der Waals surface area contributed by atoms with Gasteiger partial charge in [-0.2, -0.15) is 0 Å². The third kappa shape index (κ3) is 3.89. The van der Waals surface area contributed by atoms with Crippen LogP contribution in [0.2, 0.25) is 0 Å². The largest absolute Gasteiger partial charge is 0.507 e. The van der Waals surface area contributed by atoms with Gasteiger partial charge in [-0.05, 0) is 23.0 Å². The Labute approximate surface area is 121 Å². The summed E-state index contributed by atoms with van der Waals surface area (Å²) in [5.41, 5.74) is 4.51. The third-order valence-electron chi connectivity index (χ3n) is 3.04. The number of benzene rings is 1. The molecule has 0 amide bonds. The van der Waals surface area contributed by atoms with E-state index in [1.54, 1.807) is 0 Å². The van der Waals surface area contributed by atoms with E-state index in [4.69, 9.17) is 4.84 Å². The Balaban J connectivity index is 3.38. The van der Waals surface area contributed by atoms with E-state index in [0.29, 0.717) is 11.4 Å². The molecule has 0 spiro atoms. The summed E-state index contributed by atoms with van der Waals surface area (Å²) in [4.78, 5) is 15.7. The molecule has 0 saturated heterocycles. The zero-order valence-corrected chi connectivity index (χ0v) is 13.4. The standard InChI is InChI=1S/C16H25NO3/c1-10(18)20-17-11-8-12(15(2,3)4)14(19)13(9-11)16(5,6)7/h8-9,17,19H,1-7H3. The molecular weight excluding hydrogens is 254 g/mol. The van der Waals surface area contributed by atoms with Crippen molar-refractivity contribution in [1.82, 2.24) is 0 Å². The van der Waals surface area contributed by atoms with E-state index in [9.17, 15) is 9.90 Å². The van der Waals surface area contributed by atoms with Gasteiger partial charge in [-0.25, -0.2) is 5.48 Å². The van der Waals surface area contributed by atoms with Crippen LogP contribution >= 0.6 is 0 Å². The van der Waals surface area contributed by atoms with Crippen molar-refractivity contribution in [2.75, 3.05) is 5.48 Å². The Hall–Kier alpha value is -1.71. The molecule has 0 atom stereocenters. The summed E-state index contributed by atoms with van der Waals surface area (Å²) in [5.74, 6) is -0.105. The summed E-state index contributed by atoms with van der Waals surface area (Å²) in [7, 11) is 0. The van der Waals surface area contributed by atoms with Crippen molar-refractivity contribution in [3.05, 3.63) is 23.3 Å². The van der Waals surface area contributed by atoms with E-state index in [-0.39, 0.29) is 10.8 Å². The average Bonchev–Trinajstić information content (AvgIpc) is 2.24. The fourth-order valence-electron chi connectivity index (χ4n) is 1.97. The number of aromatic hydroxyl groups is 1. The number of nitrogens with one attached hydrogen (secondary N) is 1. The lowest BCUT2D eigenvalue weighted by atomic mass is 9.79. The third-order valence-corrected chi connectivity index (χ3v) is 3.04. The second-order valence-corrected chi connectivity index (χ2v) is 7.12. The van der Waals surface area contributed by atoms with Gasteiger partial charge in [0.2, 0.25) is 0 Å². The van der Waals surface area contributed by atoms with Gasteiger partial charge in [-0.1, -0.05) is 41.5 Å². The highest BCUT2D eigenvalue weighted by molar-refractivity contribution is 5.68. The van der Waals surface area contributed by atoms with Gasteiger partial charge in [-0.3, -0.25) is 4.79 Å². The van der Waals surface area contributed by atoms with Crippen LogP contribution < -0.4 is 5.48 Å². The maximum atomic E-state index is 10.9. The van der Waals surface area contributed by atoms with E-state index in [0.717, 1.165) is 11.1 Å². The van der Waals surface area contributed by atoms with Gasteiger partial charge >= 0.3 is 5.97 Å². The quantitative estimate of drug-likeness (QED) is 0.637. The Morgan fingerprint density at radius 1 is 1.05 bits per heavy atom. The number of rotatable bonds is 2. The van der Waals surface area contributed by atoms with Gasteiger partial charge in [0.25, 0.3) is 0 Å². The summed E-state index contributed by atoms with van der Waals surface area (Å²) in [6.45, 7) is 13.5. The van der Waals surface area contributed by atoms with Crippen LogP contribution in [0.4, 0.5) is 5.69 Å². The lowest BCUT2D eigenvalue weighted by Crippen LogP contribution is -2.18. The Kier molecular flexibility index (Phi) is 4.37. The van der Waals surface area contributed by atoms with Crippen molar-refractivity contribution in [3.63, 3.8) is 0 Å². The van der Waals surface area contributed by atoms with Crippen molar-refractivity contribution in [2.45, 2.75) is 59.3 Å². The molecule has 1 aromatic carbocycles. The second-order valence-electron chi connectivity index (χ2n) is 7.12. The molecule has 0 heterocycles. The summed E-state index contributed by atoms with van der Waals surface area (Å²) < 4.78 is 0. The van der Waals surface area contributed by atoms with Crippen LogP contribution in [-0.4, -0.2) is 11.1 Å². The topological polar surface area (TPSA) is 58.6 Å². The molecule has 2 N–H and O–H groups in total. The summed E-state index contributed by atoms with van der Waals surface area (Å²) in [6, 6.07) is 3.63. The SMILES string of the molecule is CC(=O)ONc1cc(C(C)(C)C)c(O)c(C(C)(C)C)c1. The minimum absolute atomic E-state index is 0.210. The molecule has 0 fully saturated rings. The van der Waals surface area contributed by atoms with E-state index < -0.39 is 5.97 Å². The van der Waals surface area contributed by atoms with E-state index >= 15 is 0 Å². The smallest absolute Gasteiger partial charge is 0.329 e.